The Morgan fingerprint density at radius 1 is 1.03 bits per heavy atom. The van der Waals surface area contributed by atoms with Gasteiger partial charge in [0.25, 0.3) is 0 Å². The monoisotopic (exact) mass is 497 g/mol. The molecule has 1 N–H and O–H groups in total. The van der Waals surface area contributed by atoms with Crippen LogP contribution < -0.4 is 5.32 Å². The van der Waals surface area contributed by atoms with Crippen LogP contribution in [0.4, 0.5) is 13.6 Å². The largest absolute Gasteiger partial charge is 0.467 e. The molecule has 0 fully saturated rings. The van der Waals surface area contributed by atoms with Gasteiger partial charge in [0.05, 0.1) is 20.3 Å². The predicted molar refractivity (Wildman–Crippen MR) is 112 cm³/mol. The van der Waals surface area contributed by atoms with Crippen LogP contribution in [0.3, 0.4) is 0 Å². The molecule has 1 unspecified atom stereocenters. The number of amides is 1. The molecular formula is C20H30F2NO9P. The quantitative estimate of drug-likeness (QED) is 0.193. The number of halogens is 2. The van der Waals surface area contributed by atoms with Crippen LogP contribution in [0.5, 0.6) is 0 Å². The molecule has 1 aromatic rings. The average Bonchev–Trinajstić information content (AvgIpc) is 2.74. The second kappa shape index (κ2) is 12.4. The van der Waals surface area contributed by atoms with Crippen LogP contribution in [0.15, 0.2) is 24.3 Å². The molecule has 1 rings (SSSR count). The summed E-state index contributed by atoms with van der Waals surface area (Å²) in [6.45, 7) is 7.54. The van der Waals surface area contributed by atoms with Gasteiger partial charge in [0.2, 0.25) is 0 Å². The van der Waals surface area contributed by atoms with E-state index in [2.05, 4.69) is 29.2 Å². The molecule has 10 nitrogen and oxygen atoms in total. The molecule has 0 radical (unpaired) electrons. The lowest BCUT2D eigenvalue weighted by Gasteiger charge is -2.24. The van der Waals surface area contributed by atoms with E-state index in [0.717, 1.165) is 19.2 Å². The normalized spacial score (nSPS) is 13.3. The summed E-state index contributed by atoms with van der Waals surface area (Å²) in [7, 11) is -4.06. The summed E-state index contributed by atoms with van der Waals surface area (Å²) in [6.07, 6.45) is -0.927. The summed E-state index contributed by atoms with van der Waals surface area (Å²) in [4.78, 5) is 33.0. The molecule has 13 heteroatoms. The van der Waals surface area contributed by atoms with Gasteiger partial charge in [-0.1, -0.05) is 24.3 Å². The number of alkyl halides is 2. The maximum atomic E-state index is 14.9. The van der Waals surface area contributed by atoms with Crippen LogP contribution in [-0.2, 0) is 50.0 Å². The highest BCUT2D eigenvalue weighted by Crippen LogP contribution is 2.67. The van der Waals surface area contributed by atoms with Crippen molar-refractivity contribution in [2.24, 2.45) is 0 Å². The smallest absolute Gasteiger partial charge is 0.457 e. The molecule has 1 atom stereocenters. The third-order valence-electron chi connectivity index (χ3n) is 3.80. The highest BCUT2D eigenvalue weighted by Gasteiger charge is 2.57. The van der Waals surface area contributed by atoms with Gasteiger partial charge >= 0.3 is 25.3 Å². The number of alkyl carbamates (subject to hydrolysis) is 1. The summed E-state index contributed by atoms with van der Waals surface area (Å²) in [6, 6.07) is 3.36. The minimum absolute atomic E-state index is 0.0830. The SMILES string of the molecule is CCOOP(=O)(OOCC)C(F)(F)c1ccc(CC(NC(=O)OC(C)(C)C)C(=O)OC)cc1. The second-order valence-corrected chi connectivity index (χ2v) is 9.48. The van der Waals surface area contributed by atoms with E-state index in [0.29, 0.717) is 5.56 Å². The van der Waals surface area contributed by atoms with Crippen LogP contribution in [0.2, 0.25) is 0 Å². The van der Waals surface area contributed by atoms with E-state index in [1.165, 1.54) is 26.0 Å². The molecule has 0 aliphatic heterocycles. The van der Waals surface area contributed by atoms with Crippen molar-refractivity contribution in [1.29, 1.82) is 0 Å². The number of nitrogens with one attached hydrogen (secondary N) is 1. The van der Waals surface area contributed by atoms with Crippen LogP contribution in [-0.4, -0.2) is 44.0 Å². The topological polar surface area (TPSA) is 119 Å². The lowest BCUT2D eigenvalue weighted by molar-refractivity contribution is -0.275. The van der Waals surface area contributed by atoms with Crippen LogP contribution in [0.1, 0.15) is 45.7 Å². The minimum Gasteiger partial charge on any atom is -0.467 e. The number of hydrogen-bond acceptors (Lipinski definition) is 9. The molecule has 0 bridgehead atoms. The molecule has 0 aliphatic rings. The number of ether oxygens (including phenoxy) is 2. The summed E-state index contributed by atoms with van der Waals surface area (Å²) in [5.74, 6) is -0.755. The van der Waals surface area contributed by atoms with Gasteiger partial charge in [-0.05, 0) is 40.2 Å². The van der Waals surface area contributed by atoms with Gasteiger partial charge in [-0.15, -0.1) is 9.35 Å². The van der Waals surface area contributed by atoms with Crippen molar-refractivity contribution >= 4 is 19.7 Å². The second-order valence-electron chi connectivity index (χ2n) is 7.62. The Labute approximate surface area is 191 Å². The van der Waals surface area contributed by atoms with Crippen molar-refractivity contribution < 1.29 is 51.5 Å². The molecule has 0 saturated carbocycles. The standard InChI is InChI=1S/C20H30F2NO9P/c1-7-28-31-33(26,32-29-8-2)20(21,22)15-11-9-14(10-12-15)13-16(17(24)27-6)23-18(25)30-19(3,4)5/h9-12,16H,7-8,13H2,1-6H3,(H,23,25). The molecule has 1 amide bonds. The molecule has 188 valence electrons. The van der Waals surface area contributed by atoms with Crippen molar-refractivity contribution in [3.8, 4) is 0 Å². The van der Waals surface area contributed by atoms with Crippen molar-refractivity contribution in [2.75, 3.05) is 20.3 Å². The third-order valence-corrected chi connectivity index (χ3v) is 5.35. The van der Waals surface area contributed by atoms with Gasteiger partial charge in [0, 0.05) is 12.0 Å². The van der Waals surface area contributed by atoms with E-state index in [4.69, 9.17) is 4.74 Å². The highest BCUT2D eigenvalue weighted by atomic mass is 31.2. The lowest BCUT2D eigenvalue weighted by Crippen LogP contribution is -2.45. The zero-order valence-electron chi connectivity index (χ0n) is 19.4. The summed E-state index contributed by atoms with van der Waals surface area (Å²) >= 11 is 0. The Morgan fingerprint density at radius 3 is 1.97 bits per heavy atom. The number of methoxy groups -OCH3 is 1. The van der Waals surface area contributed by atoms with E-state index < -0.39 is 42.5 Å². The Bertz CT molecular complexity index is 816. The molecule has 0 saturated heterocycles. The Balaban J connectivity index is 3.07. The van der Waals surface area contributed by atoms with Gasteiger partial charge < -0.3 is 14.8 Å². The van der Waals surface area contributed by atoms with E-state index in [9.17, 15) is 22.9 Å². The average molecular weight is 497 g/mol. The maximum absolute atomic E-state index is 14.9. The van der Waals surface area contributed by atoms with Gasteiger partial charge in [-0.3, -0.25) is 0 Å². The van der Waals surface area contributed by atoms with E-state index in [1.807, 2.05) is 0 Å². The van der Waals surface area contributed by atoms with Gasteiger partial charge in [-0.25, -0.2) is 23.9 Å². The molecule has 1 aromatic carbocycles. The number of hydrogen-bond donors (Lipinski definition) is 1. The molecule has 33 heavy (non-hydrogen) atoms. The summed E-state index contributed by atoms with van der Waals surface area (Å²) in [5.41, 5.74) is -5.22. The van der Waals surface area contributed by atoms with E-state index in [-0.39, 0.29) is 19.6 Å². The number of rotatable bonds is 12. The maximum Gasteiger partial charge on any atom is 0.457 e. The Hall–Kier alpha value is -2.11. The van der Waals surface area contributed by atoms with Gasteiger partial charge in [-0.2, -0.15) is 8.78 Å². The van der Waals surface area contributed by atoms with Crippen molar-refractivity contribution in [1.82, 2.24) is 5.32 Å². The first kappa shape index (κ1) is 28.9. The summed E-state index contributed by atoms with van der Waals surface area (Å²) < 4.78 is 61.0. The van der Waals surface area contributed by atoms with Gasteiger partial charge in [0.15, 0.2) is 0 Å². The lowest BCUT2D eigenvalue weighted by atomic mass is 10.0. The van der Waals surface area contributed by atoms with Crippen LogP contribution in [0, 0.1) is 0 Å². The molecule has 0 aromatic heterocycles. The number of carbonyl (C=O) groups excluding carboxylic acids is 2. The van der Waals surface area contributed by atoms with Crippen LogP contribution in [0.25, 0.3) is 0 Å². The first-order valence-electron chi connectivity index (χ1n) is 10.1. The first-order valence-corrected chi connectivity index (χ1v) is 11.6. The fraction of sp³-hybridized carbons (Fsp3) is 0.600. The van der Waals surface area contributed by atoms with Gasteiger partial charge in [0.1, 0.15) is 11.6 Å². The Morgan fingerprint density at radius 2 is 1.55 bits per heavy atom. The highest BCUT2D eigenvalue weighted by molar-refractivity contribution is 7.54. The first-order chi connectivity index (χ1) is 15.3. The number of esters is 1. The Kier molecular flexibility index (Phi) is 10.9. The number of benzene rings is 1. The fourth-order valence-electron chi connectivity index (χ4n) is 2.37. The zero-order chi connectivity index (χ0) is 25.3. The molecule has 0 heterocycles. The van der Waals surface area contributed by atoms with Crippen LogP contribution >= 0.6 is 7.60 Å². The number of carbonyl (C=O) groups is 2. The zero-order valence-corrected chi connectivity index (χ0v) is 20.3. The predicted octanol–water partition coefficient (Wildman–Crippen LogP) is 4.47. The molecular weight excluding hydrogens is 467 g/mol. The summed E-state index contributed by atoms with van der Waals surface area (Å²) in [5, 5.41) is 2.39. The van der Waals surface area contributed by atoms with E-state index >= 15 is 0 Å². The van der Waals surface area contributed by atoms with Crippen molar-refractivity contribution in [2.45, 2.75) is 58.3 Å². The van der Waals surface area contributed by atoms with Crippen molar-refractivity contribution in [3.63, 3.8) is 0 Å². The molecule has 0 aliphatic carbocycles. The fourth-order valence-corrected chi connectivity index (χ4v) is 3.54. The molecule has 0 spiro atoms. The third kappa shape index (κ3) is 8.63. The van der Waals surface area contributed by atoms with E-state index in [1.54, 1.807) is 20.8 Å². The minimum atomic E-state index is -5.20. The van der Waals surface area contributed by atoms with Crippen molar-refractivity contribution in [3.05, 3.63) is 35.4 Å².